The molecule has 0 fully saturated rings. The minimum absolute atomic E-state index is 0.0373. The zero-order chi connectivity index (χ0) is 10.1. The van der Waals surface area contributed by atoms with E-state index in [0.717, 1.165) is 10.2 Å². The molecule has 0 atom stereocenters. The molecule has 68 valence electrons. The fourth-order valence-electron chi connectivity index (χ4n) is 1.14. The molecule has 1 aromatic heterocycles. The van der Waals surface area contributed by atoms with E-state index in [0.29, 0.717) is 10.6 Å². The molecule has 0 radical (unpaired) electrons. The third-order valence-corrected chi connectivity index (χ3v) is 2.94. The quantitative estimate of drug-likeness (QED) is 0.667. The number of nitriles is 1. The van der Waals surface area contributed by atoms with Crippen molar-refractivity contribution in [1.29, 1.82) is 5.26 Å². The molecule has 0 unspecified atom stereocenters. The van der Waals surface area contributed by atoms with Crippen molar-refractivity contribution in [3.8, 4) is 6.07 Å². The number of carbonyl (C=O) groups excluding carboxylic acids is 1. The number of thiazole rings is 1. The first-order valence-corrected chi connectivity index (χ1v) is 4.84. The molecule has 3 nitrogen and oxygen atoms in total. The van der Waals surface area contributed by atoms with E-state index < -0.39 is 0 Å². The van der Waals surface area contributed by atoms with Gasteiger partial charge in [0.05, 0.1) is 21.8 Å². The van der Waals surface area contributed by atoms with Gasteiger partial charge in [-0.05, 0) is 18.2 Å². The minimum Gasteiger partial charge on any atom is -0.292 e. The Hall–Kier alpha value is -1.73. The lowest BCUT2D eigenvalue weighted by Gasteiger charge is -1.86. The molecule has 0 aliphatic heterocycles. The summed E-state index contributed by atoms with van der Waals surface area (Å²) >= 11 is 1.32. The second kappa shape index (κ2) is 3.20. The van der Waals surface area contributed by atoms with E-state index in [4.69, 9.17) is 5.26 Å². The second-order valence-corrected chi connectivity index (χ2v) is 3.90. The molecular formula is C10H6N2OS. The highest BCUT2D eigenvalue weighted by atomic mass is 32.1. The maximum atomic E-state index is 11.1. The summed E-state index contributed by atoms with van der Waals surface area (Å²) in [6, 6.07) is 7.26. The Kier molecular flexibility index (Phi) is 2.02. The fourth-order valence-corrected chi connectivity index (χ4v) is 2.04. The van der Waals surface area contributed by atoms with E-state index in [-0.39, 0.29) is 5.78 Å². The minimum atomic E-state index is -0.0373. The van der Waals surface area contributed by atoms with E-state index in [1.54, 1.807) is 18.2 Å². The van der Waals surface area contributed by atoms with Gasteiger partial charge >= 0.3 is 0 Å². The molecule has 0 saturated heterocycles. The van der Waals surface area contributed by atoms with Crippen LogP contribution in [0.15, 0.2) is 18.2 Å². The Morgan fingerprint density at radius 2 is 2.36 bits per heavy atom. The number of aromatic nitrogens is 1. The van der Waals surface area contributed by atoms with Gasteiger partial charge in [-0.15, -0.1) is 11.3 Å². The number of ketones is 1. The SMILES string of the molecule is CC(=O)c1nc2ccc(C#N)cc2s1. The van der Waals surface area contributed by atoms with Crippen LogP contribution in [0.5, 0.6) is 0 Å². The monoisotopic (exact) mass is 202 g/mol. The lowest BCUT2D eigenvalue weighted by molar-refractivity contribution is 0.101. The average Bonchev–Trinajstić information content (AvgIpc) is 2.59. The zero-order valence-corrected chi connectivity index (χ0v) is 8.26. The van der Waals surface area contributed by atoms with Gasteiger partial charge in [0, 0.05) is 6.92 Å². The van der Waals surface area contributed by atoms with Crippen LogP contribution in [0.2, 0.25) is 0 Å². The summed E-state index contributed by atoms with van der Waals surface area (Å²) in [5, 5.41) is 9.18. The molecule has 0 saturated carbocycles. The maximum Gasteiger partial charge on any atom is 0.188 e. The van der Waals surface area contributed by atoms with Gasteiger partial charge in [0.15, 0.2) is 10.8 Å². The average molecular weight is 202 g/mol. The predicted octanol–water partition coefficient (Wildman–Crippen LogP) is 2.37. The highest BCUT2D eigenvalue weighted by Gasteiger charge is 2.07. The van der Waals surface area contributed by atoms with Crippen molar-refractivity contribution in [2.45, 2.75) is 6.92 Å². The zero-order valence-electron chi connectivity index (χ0n) is 7.44. The van der Waals surface area contributed by atoms with Crippen LogP contribution in [0.4, 0.5) is 0 Å². The first-order chi connectivity index (χ1) is 6.70. The van der Waals surface area contributed by atoms with Gasteiger partial charge in [0.25, 0.3) is 0 Å². The number of rotatable bonds is 1. The van der Waals surface area contributed by atoms with E-state index in [9.17, 15) is 4.79 Å². The lowest BCUT2D eigenvalue weighted by Crippen LogP contribution is -1.87. The van der Waals surface area contributed by atoms with Crippen molar-refractivity contribution in [2.75, 3.05) is 0 Å². The Morgan fingerprint density at radius 1 is 1.57 bits per heavy atom. The molecule has 2 rings (SSSR count). The van der Waals surface area contributed by atoms with Crippen molar-refractivity contribution in [2.24, 2.45) is 0 Å². The Labute approximate surface area is 84.6 Å². The molecule has 0 bridgehead atoms. The van der Waals surface area contributed by atoms with Crippen molar-refractivity contribution >= 4 is 27.3 Å². The first-order valence-electron chi connectivity index (χ1n) is 4.02. The molecule has 1 heterocycles. The first kappa shape index (κ1) is 8.85. The number of fused-ring (bicyclic) bond motifs is 1. The number of nitrogens with zero attached hydrogens (tertiary/aromatic N) is 2. The summed E-state index contributed by atoms with van der Waals surface area (Å²) in [4.78, 5) is 15.2. The van der Waals surface area contributed by atoms with Crippen LogP contribution >= 0.6 is 11.3 Å². The van der Waals surface area contributed by atoms with E-state index in [1.165, 1.54) is 18.3 Å². The Morgan fingerprint density at radius 3 is 3.00 bits per heavy atom. The van der Waals surface area contributed by atoms with Crippen LogP contribution in [-0.4, -0.2) is 10.8 Å². The molecule has 4 heteroatoms. The largest absolute Gasteiger partial charge is 0.292 e. The molecule has 0 aliphatic carbocycles. The lowest BCUT2D eigenvalue weighted by atomic mass is 10.2. The summed E-state index contributed by atoms with van der Waals surface area (Å²) in [7, 11) is 0. The van der Waals surface area contributed by atoms with Gasteiger partial charge in [-0.3, -0.25) is 4.79 Å². The summed E-state index contributed by atoms with van der Waals surface area (Å²) in [5.74, 6) is -0.0373. The Bertz CT molecular complexity index is 551. The van der Waals surface area contributed by atoms with Crippen LogP contribution in [0, 0.1) is 11.3 Å². The third-order valence-electron chi connectivity index (χ3n) is 1.82. The predicted molar refractivity (Wildman–Crippen MR) is 54.3 cm³/mol. The number of hydrogen-bond acceptors (Lipinski definition) is 4. The van der Waals surface area contributed by atoms with E-state index in [2.05, 4.69) is 11.1 Å². The van der Waals surface area contributed by atoms with Crippen LogP contribution in [0.1, 0.15) is 22.3 Å². The molecule has 0 amide bonds. The maximum absolute atomic E-state index is 11.1. The second-order valence-electron chi connectivity index (χ2n) is 2.87. The van der Waals surface area contributed by atoms with Crippen molar-refractivity contribution in [1.82, 2.24) is 4.98 Å². The van der Waals surface area contributed by atoms with Crippen molar-refractivity contribution < 1.29 is 4.79 Å². The number of benzene rings is 1. The molecule has 1 aromatic carbocycles. The van der Waals surface area contributed by atoms with Gasteiger partial charge in [0.1, 0.15) is 0 Å². The molecule has 0 N–H and O–H groups in total. The standard InChI is InChI=1S/C10H6N2OS/c1-6(13)10-12-8-3-2-7(5-11)4-9(8)14-10/h2-4H,1H3. The summed E-state index contributed by atoms with van der Waals surface area (Å²) < 4.78 is 0.884. The fraction of sp³-hybridized carbons (Fsp3) is 0.100. The van der Waals surface area contributed by atoms with E-state index in [1.807, 2.05) is 0 Å². The topological polar surface area (TPSA) is 53.8 Å². The van der Waals surface area contributed by atoms with Crippen LogP contribution in [0.25, 0.3) is 10.2 Å². The molecule has 14 heavy (non-hydrogen) atoms. The Balaban J connectivity index is 2.67. The normalized spacial score (nSPS) is 10.0. The molecule has 2 aromatic rings. The van der Waals surface area contributed by atoms with Crippen LogP contribution in [0.3, 0.4) is 0 Å². The number of Topliss-reactive ketones (excluding diaryl/α,β-unsaturated/α-hetero) is 1. The number of hydrogen-bond donors (Lipinski definition) is 0. The molecule has 0 spiro atoms. The summed E-state index contributed by atoms with van der Waals surface area (Å²) in [6.45, 7) is 1.49. The van der Waals surface area contributed by atoms with Gasteiger partial charge < -0.3 is 0 Å². The van der Waals surface area contributed by atoms with Crippen LogP contribution < -0.4 is 0 Å². The highest BCUT2D eigenvalue weighted by molar-refractivity contribution is 7.20. The third kappa shape index (κ3) is 1.38. The van der Waals surface area contributed by atoms with Gasteiger partial charge in [-0.1, -0.05) is 0 Å². The van der Waals surface area contributed by atoms with E-state index >= 15 is 0 Å². The molecular weight excluding hydrogens is 196 g/mol. The summed E-state index contributed by atoms with van der Waals surface area (Å²) in [6.07, 6.45) is 0. The van der Waals surface area contributed by atoms with Gasteiger partial charge in [-0.25, -0.2) is 4.98 Å². The van der Waals surface area contributed by atoms with Crippen molar-refractivity contribution in [3.63, 3.8) is 0 Å². The smallest absolute Gasteiger partial charge is 0.188 e. The van der Waals surface area contributed by atoms with Crippen LogP contribution in [-0.2, 0) is 0 Å². The molecule has 0 aliphatic rings. The highest BCUT2D eigenvalue weighted by Crippen LogP contribution is 2.23. The van der Waals surface area contributed by atoms with Gasteiger partial charge in [-0.2, -0.15) is 5.26 Å². The number of carbonyl (C=O) groups is 1. The summed E-state index contributed by atoms with van der Waals surface area (Å²) in [5.41, 5.74) is 1.37. The van der Waals surface area contributed by atoms with Crippen molar-refractivity contribution in [3.05, 3.63) is 28.8 Å². The van der Waals surface area contributed by atoms with Gasteiger partial charge in [0.2, 0.25) is 0 Å².